The summed E-state index contributed by atoms with van der Waals surface area (Å²) in [5.74, 6) is -0.111. The van der Waals surface area contributed by atoms with E-state index in [1.807, 2.05) is 18.4 Å². The summed E-state index contributed by atoms with van der Waals surface area (Å²) in [7, 11) is 0. The van der Waals surface area contributed by atoms with E-state index in [9.17, 15) is 4.79 Å². The highest BCUT2D eigenvalue weighted by Crippen LogP contribution is 2.18. The van der Waals surface area contributed by atoms with Gasteiger partial charge in [-0.05, 0) is 19.9 Å². The molecule has 2 aromatic heterocycles. The number of nitrogens with zero attached hydrogens (tertiary/aromatic N) is 2. The quantitative estimate of drug-likeness (QED) is 0.883. The van der Waals surface area contributed by atoms with Gasteiger partial charge in [0.05, 0.1) is 11.3 Å². The van der Waals surface area contributed by atoms with Crippen molar-refractivity contribution in [2.24, 2.45) is 0 Å². The third-order valence-electron chi connectivity index (χ3n) is 2.84. The minimum absolute atomic E-state index is 0.111. The van der Waals surface area contributed by atoms with Crippen LogP contribution in [0.1, 0.15) is 36.1 Å². The lowest BCUT2D eigenvalue weighted by Crippen LogP contribution is -2.28. The summed E-state index contributed by atoms with van der Waals surface area (Å²) in [6.07, 6.45) is 5.87. The number of nitrogens with one attached hydrogen (secondary N) is 2. The van der Waals surface area contributed by atoms with Crippen molar-refractivity contribution in [3.63, 3.8) is 0 Å². The zero-order valence-electron chi connectivity index (χ0n) is 11.0. The summed E-state index contributed by atoms with van der Waals surface area (Å²) in [6, 6.07) is 1.88. The van der Waals surface area contributed by atoms with Gasteiger partial charge in [-0.2, -0.15) is 0 Å². The number of hydrogen-bond acceptors (Lipinski definition) is 2. The molecule has 102 valence electrons. The first-order valence-corrected chi connectivity index (χ1v) is 6.58. The molecule has 2 rings (SSSR count). The second kappa shape index (κ2) is 5.93. The first-order valence-electron chi connectivity index (χ1n) is 6.20. The van der Waals surface area contributed by atoms with Gasteiger partial charge in [-0.15, -0.1) is 0 Å². The standard InChI is InChI=1S/C13H17ClN4O/c1-9(2)18-7-10(14)5-12(18)13(19)16-4-3-11-6-15-8-17-11/h5-9H,3-4H2,1-2H3,(H,15,17)(H,16,19). The Kier molecular flexibility index (Phi) is 4.27. The Balaban J connectivity index is 1.96. The normalized spacial score (nSPS) is 10.9. The summed E-state index contributed by atoms with van der Waals surface area (Å²) in [5.41, 5.74) is 1.59. The number of carbonyl (C=O) groups is 1. The molecule has 0 saturated heterocycles. The monoisotopic (exact) mass is 280 g/mol. The lowest BCUT2D eigenvalue weighted by molar-refractivity contribution is 0.0943. The summed E-state index contributed by atoms with van der Waals surface area (Å²) < 4.78 is 1.87. The SMILES string of the molecule is CC(C)n1cc(Cl)cc1C(=O)NCCc1cnc[nH]1. The molecule has 0 aliphatic heterocycles. The van der Waals surface area contributed by atoms with E-state index in [2.05, 4.69) is 15.3 Å². The van der Waals surface area contributed by atoms with Crippen LogP contribution in [0.2, 0.25) is 5.02 Å². The van der Waals surface area contributed by atoms with Gasteiger partial charge in [-0.1, -0.05) is 11.6 Å². The first kappa shape index (κ1) is 13.7. The Morgan fingerprint density at radius 2 is 2.37 bits per heavy atom. The van der Waals surface area contributed by atoms with E-state index in [0.717, 1.165) is 12.1 Å². The van der Waals surface area contributed by atoms with Crippen molar-refractivity contribution in [3.8, 4) is 0 Å². The molecule has 1 amide bonds. The summed E-state index contributed by atoms with van der Waals surface area (Å²) in [6.45, 7) is 4.58. The summed E-state index contributed by atoms with van der Waals surface area (Å²) in [5, 5.41) is 3.46. The van der Waals surface area contributed by atoms with Crippen LogP contribution in [0, 0.1) is 0 Å². The van der Waals surface area contributed by atoms with Gasteiger partial charge in [0.1, 0.15) is 5.69 Å². The zero-order chi connectivity index (χ0) is 13.8. The Morgan fingerprint density at radius 3 is 3.00 bits per heavy atom. The van der Waals surface area contributed by atoms with Crippen LogP contribution in [-0.2, 0) is 6.42 Å². The predicted octanol–water partition coefficient (Wildman–Crippen LogP) is 2.42. The maximum Gasteiger partial charge on any atom is 0.267 e. The number of rotatable bonds is 5. The van der Waals surface area contributed by atoms with Gasteiger partial charge in [0.15, 0.2) is 0 Å². The van der Waals surface area contributed by atoms with Crippen LogP contribution in [0.3, 0.4) is 0 Å². The number of amides is 1. The average molecular weight is 281 g/mol. The van der Waals surface area contributed by atoms with Gasteiger partial charge in [0.25, 0.3) is 5.91 Å². The molecule has 2 heterocycles. The molecule has 0 atom stereocenters. The number of hydrogen-bond donors (Lipinski definition) is 2. The van der Waals surface area contributed by atoms with Crippen molar-refractivity contribution >= 4 is 17.5 Å². The molecule has 19 heavy (non-hydrogen) atoms. The molecule has 0 aliphatic carbocycles. The second-order valence-electron chi connectivity index (χ2n) is 4.63. The van der Waals surface area contributed by atoms with Crippen LogP contribution in [0.5, 0.6) is 0 Å². The second-order valence-corrected chi connectivity index (χ2v) is 5.06. The molecule has 0 fully saturated rings. The van der Waals surface area contributed by atoms with Crippen molar-refractivity contribution in [2.45, 2.75) is 26.3 Å². The highest BCUT2D eigenvalue weighted by molar-refractivity contribution is 6.31. The number of H-pyrrole nitrogens is 1. The molecule has 0 saturated carbocycles. The highest BCUT2D eigenvalue weighted by atomic mass is 35.5. The predicted molar refractivity (Wildman–Crippen MR) is 74.5 cm³/mol. The van der Waals surface area contributed by atoms with Crippen molar-refractivity contribution < 1.29 is 4.79 Å². The Bertz CT molecular complexity index is 545. The smallest absolute Gasteiger partial charge is 0.267 e. The van der Waals surface area contributed by atoms with E-state index in [4.69, 9.17) is 11.6 Å². The van der Waals surface area contributed by atoms with Crippen LogP contribution in [-0.4, -0.2) is 27.0 Å². The van der Waals surface area contributed by atoms with E-state index >= 15 is 0 Å². The van der Waals surface area contributed by atoms with Gasteiger partial charge in [-0.3, -0.25) is 4.79 Å². The topological polar surface area (TPSA) is 62.7 Å². The van der Waals surface area contributed by atoms with Gasteiger partial charge < -0.3 is 14.9 Å². The van der Waals surface area contributed by atoms with Gasteiger partial charge >= 0.3 is 0 Å². The number of aromatic nitrogens is 3. The van der Waals surface area contributed by atoms with Crippen molar-refractivity contribution in [1.29, 1.82) is 0 Å². The molecule has 5 nitrogen and oxygen atoms in total. The molecule has 0 aliphatic rings. The maximum atomic E-state index is 12.1. The molecular formula is C13H17ClN4O. The van der Waals surface area contributed by atoms with E-state index in [-0.39, 0.29) is 11.9 Å². The largest absolute Gasteiger partial charge is 0.350 e. The van der Waals surface area contributed by atoms with E-state index in [1.54, 1.807) is 24.8 Å². The number of halogens is 1. The van der Waals surface area contributed by atoms with Crippen LogP contribution < -0.4 is 5.32 Å². The fraction of sp³-hybridized carbons (Fsp3) is 0.385. The maximum absolute atomic E-state index is 12.1. The highest BCUT2D eigenvalue weighted by Gasteiger charge is 2.14. The molecule has 0 aromatic carbocycles. The summed E-state index contributed by atoms with van der Waals surface area (Å²) >= 11 is 5.95. The molecule has 0 spiro atoms. The van der Waals surface area contributed by atoms with Crippen molar-refractivity contribution in [2.75, 3.05) is 6.54 Å². The third kappa shape index (κ3) is 3.38. The molecule has 2 aromatic rings. The fourth-order valence-corrected chi connectivity index (χ4v) is 2.09. The number of aromatic amines is 1. The van der Waals surface area contributed by atoms with Gasteiger partial charge in [-0.25, -0.2) is 4.98 Å². The number of imidazole rings is 1. The molecule has 0 unspecified atom stereocenters. The van der Waals surface area contributed by atoms with Gasteiger partial charge in [0.2, 0.25) is 0 Å². The molecule has 2 N–H and O–H groups in total. The van der Waals surface area contributed by atoms with E-state index < -0.39 is 0 Å². The number of carbonyl (C=O) groups excluding carboxylic acids is 1. The minimum Gasteiger partial charge on any atom is -0.350 e. The zero-order valence-corrected chi connectivity index (χ0v) is 11.7. The summed E-state index contributed by atoms with van der Waals surface area (Å²) in [4.78, 5) is 19.0. The van der Waals surface area contributed by atoms with Crippen molar-refractivity contribution in [3.05, 3.63) is 41.2 Å². The van der Waals surface area contributed by atoms with Crippen LogP contribution >= 0.6 is 11.6 Å². The van der Waals surface area contributed by atoms with Crippen LogP contribution in [0.15, 0.2) is 24.8 Å². The lowest BCUT2D eigenvalue weighted by Gasteiger charge is -2.12. The minimum atomic E-state index is -0.111. The molecule has 6 heteroatoms. The molecule has 0 radical (unpaired) electrons. The van der Waals surface area contributed by atoms with Gasteiger partial charge in [0, 0.05) is 37.1 Å². The van der Waals surface area contributed by atoms with Crippen LogP contribution in [0.4, 0.5) is 0 Å². The van der Waals surface area contributed by atoms with E-state index in [0.29, 0.717) is 17.3 Å². The Labute approximate surface area is 117 Å². The third-order valence-corrected chi connectivity index (χ3v) is 3.05. The first-order chi connectivity index (χ1) is 9.08. The fourth-order valence-electron chi connectivity index (χ4n) is 1.88. The molecule has 0 bridgehead atoms. The lowest BCUT2D eigenvalue weighted by atomic mass is 10.3. The Hall–Kier alpha value is -1.75. The van der Waals surface area contributed by atoms with E-state index in [1.165, 1.54) is 0 Å². The molecular weight excluding hydrogens is 264 g/mol. The van der Waals surface area contributed by atoms with Crippen LogP contribution in [0.25, 0.3) is 0 Å². The Morgan fingerprint density at radius 1 is 1.58 bits per heavy atom. The average Bonchev–Trinajstić information content (AvgIpc) is 2.98. The van der Waals surface area contributed by atoms with Crippen molar-refractivity contribution in [1.82, 2.24) is 19.9 Å².